The highest BCUT2D eigenvalue weighted by Gasteiger charge is 2.23. The predicted octanol–water partition coefficient (Wildman–Crippen LogP) is 1.92. The first-order chi connectivity index (χ1) is 9.85. The van der Waals surface area contributed by atoms with Gasteiger partial charge in [0, 0.05) is 17.6 Å². The summed E-state index contributed by atoms with van der Waals surface area (Å²) >= 11 is 0. The average molecular weight is 304 g/mol. The molecule has 0 heterocycles. The Morgan fingerprint density at radius 1 is 0.810 bits per heavy atom. The lowest BCUT2D eigenvalue weighted by Crippen LogP contribution is -2.35. The van der Waals surface area contributed by atoms with Crippen molar-refractivity contribution < 1.29 is 31.1 Å². The van der Waals surface area contributed by atoms with Gasteiger partial charge in [-0.05, 0) is 11.5 Å². The first-order valence-corrected chi connectivity index (χ1v) is 5.69. The van der Waals surface area contributed by atoms with Gasteiger partial charge in [0.25, 0.3) is 0 Å². The van der Waals surface area contributed by atoms with Crippen molar-refractivity contribution in [3.63, 3.8) is 0 Å². The van der Waals surface area contributed by atoms with Gasteiger partial charge in [0.1, 0.15) is 5.82 Å². The van der Waals surface area contributed by atoms with Crippen LogP contribution in [0.2, 0.25) is 0 Å². The van der Waals surface area contributed by atoms with Crippen molar-refractivity contribution in [2.24, 2.45) is 0 Å². The first kappa shape index (κ1) is 15.3. The number of hydrogen-bond acceptors (Lipinski definition) is 1. The van der Waals surface area contributed by atoms with Crippen molar-refractivity contribution in [1.82, 2.24) is 0 Å². The average Bonchev–Trinajstić information content (AvgIpc) is 2.41. The van der Waals surface area contributed by atoms with Crippen LogP contribution in [0.5, 0.6) is 5.75 Å². The lowest BCUT2D eigenvalue weighted by molar-refractivity contribution is 0.381. The van der Waals surface area contributed by atoms with Gasteiger partial charge in [-0.15, -0.1) is 0 Å². The molecule has 8 heteroatoms. The third kappa shape index (κ3) is 2.84. The van der Waals surface area contributed by atoms with Crippen LogP contribution in [0.25, 0.3) is 0 Å². The van der Waals surface area contributed by atoms with Crippen molar-refractivity contribution >= 4 is 18.2 Å². The third-order valence-electron chi connectivity index (χ3n) is 2.86. The zero-order valence-electron chi connectivity index (χ0n) is 10.6. The van der Waals surface area contributed by atoms with Crippen LogP contribution in [0, 0.1) is 34.9 Å². The maximum atomic E-state index is 13.7. The molecule has 21 heavy (non-hydrogen) atoms. The Morgan fingerprint density at radius 3 is 2.05 bits per heavy atom. The summed E-state index contributed by atoms with van der Waals surface area (Å²) in [5.74, 6) is -8.86. The minimum atomic E-state index is -1.51. The fraction of sp³-hybridized carbons (Fsp3) is 0.0769. The van der Waals surface area contributed by atoms with E-state index in [9.17, 15) is 26.3 Å². The largest absolute Gasteiger partial charge is 0.494 e. The topological polar surface area (TPSA) is 9.23 Å². The molecule has 2 aromatic carbocycles. The van der Waals surface area contributed by atoms with Gasteiger partial charge in [-0.1, -0.05) is 0 Å². The van der Waals surface area contributed by atoms with E-state index >= 15 is 0 Å². The summed E-state index contributed by atoms with van der Waals surface area (Å²) in [6.07, 6.45) is 0. The standard InChI is InChI=1S/C13H7BF6O/c1-21-13-9(18)4-8(17)12(20)10(13)14-6-2-5(15)3-7(16)11(6)19/h2-4,14H,1H3. The molecule has 110 valence electrons. The van der Waals surface area contributed by atoms with Gasteiger partial charge in [-0.2, -0.15) is 0 Å². The Balaban J connectivity index is 2.59. The zero-order valence-corrected chi connectivity index (χ0v) is 10.6. The van der Waals surface area contributed by atoms with Crippen molar-refractivity contribution in [1.29, 1.82) is 0 Å². The molecule has 2 aromatic rings. The molecule has 0 N–H and O–H groups in total. The number of ether oxygens (including phenoxy) is 1. The first-order valence-electron chi connectivity index (χ1n) is 5.69. The van der Waals surface area contributed by atoms with Crippen LogP contribution in [-0.4, -0.2) is 14.4 Å². The van der Waals surface area contributed by atoms with E-state index in [1.807, 2.05) is 0 Å². The van der Waals surface area contributed by atoms with Crippen LogP contribution in [0.1, 0.15) is 0 Å². The van der Waals surface area contributed by atoms with Gasteiger partial charge in [0.05, 0.1) is 7.11 Å². The summed E-state index contributed by atoms with van der Waals surface area (Å²) in [5.41, 5.74) is -1.26. The van der Waals surface area contributed by atoms with Crippen LogP contribution in [-0.2, 0) is 0 Å². The molecule has 0 aliphatic carbocycles. The molecule has 0 bridgehead atoms. The molecule has 0 fully saturated rings. The molecule has 0 aliphatic rings. The lowest BCUT2D eigenvalue weighted by atomic mass is 9.63. The number of methoxy groups -OCH3 is 1. The van der Waals surface area contributed by atoms with Crippen molar-refractivity contribution in [3.05, 3.63) is 53.1 Å². The maximum Gasteiger partial charge on any atom is 0.205 e. The summed E-state index contributed by atoms with van der Waals surface area (Å²) in [7, 11) is 0.228. The Labute approximate surface area is 116 Å². The second kappa shape index (κ2) is 5.71. The molecule has 0 spiro atoms. The van der Waals surface area contributed by atoms with E-state index in [0.717, 1.165) is 7.11 Å². The van der Waals surface area contributed by atoms with E-state index in [0.29, 0.717) is 12.1 Å². The van der Waals surface area contributed by atoms with Crippen LogP contribution in [0.3, 0.4) is 0 Å². The smallest absolute Gasteiger partial charge is 0.205 e. The molecule has 0 aliphatic heterocycles. The number of rotatable bonds is 3. The minimum Gasteiger partial charge on any atom is -0.494 e. The highest BCUT2D eigenvalue weighted by molar-refractivity contribution is 6.68. The quantitative estimate of drug-likeness (QED) is 0.478. The lowest BCUT2D eigenvalue weighted by Gasteiger charge is -2.11. The Morgan fingerprint density at radius 2 is 1.43 bits per heavy atom. The molecule has 1 nitrogen and oxygen atoms in total. The zero-order chi connectivity index (χ0) is 15.7. The van der Waals surface area contributed by atoms with E-state index in [2.05, 4.69) is 4.74 Å². The second-order valence-corrected chi connectivity index (χ2v) is 4.20. The molecule has 0 saturated heterocycles. The fourth-order valence-corrected chi connectivity index (χ4v) is 1.94. The molecule has 0 unspecified atom stereocenters. The van der Waals surface area contributed by atoms with Gasteiger partial charge < -0.3 is 4.74 Å². The van der Waals surface area contributed by atoms with Gasteiger partial charge >= 0.3 is 0 Å². The molecular formula is C13H7BF6O. The van der Waals surface area contributed by atoms with E-state index in [1.54, 1.807) is 0 Å². The highest BCUT2D eigenvalue weighted by atomic mass is 19.2. The Bertz CT molecular complexity index is 704. The number of halogens is 6. The second-order valence-electron chi connectivity index (χ2n) is 4.20. The molecule has 0 amide bonds. The molecule has 0 radical (unpaired) electrons. The monoisotopic (exact) mass is 304 g/mol. The van der Waals surface area contributed by atoms with Gasteiger partial charge in [0.15, 0.2) is 34.8 Å². The third-order valence-corrected chi connectivity index (χ3v) is 2.86. The molecule has 0 aromatic heterocycles. The van der Waals surface area contributed by atoms with E-state index < -0.39 is 58.9 Å². The summed E-state index contributed by atoms with van der Waals surface area (Å²) < 4.78 is 84.7. The summed E-state index contributed by atoms with van der Waals surface area (Å²) in [4.78, 5) is 0. The van der Waals surface area contributed by atoms with Crippen LogP contribution in [0.4, 0.5) is 26.3 Å². The Kier molecular flexibility index (Phi) is 4.15. The van der Waals surface area contributed by atoms with Crippen LogP contribution < -0.4 is 15.7 Å². The van der Waals surface area contributed by atoms with Gasteiger partial charge in [0.2, 0.25) is 7.28 Å². The maximum absolute atomic E-state index is 13.7. The predicted molar refractivity (Wildman–Crippen MR) is 65.6 cm³/mol. The summed E-state index contributed by atoms with van der Waals surface area (Å²) in [5, 5.41) is 0. The molecule has 0 saturated carbocycles. The molecule has 0 atom stereocenters. The van der Waals surface area contributed by atoms with Crippen molar-refractivity contribution in [2.45, 2.75) is 0 Å². The van der Waals surface area contributed by atoms with Crippen molar-refractivity contribution in [2.75, 3.05) is 7.11 Å². The van der Waals surface area contributed by atoms with Crippen LogP contribution >= 0.6 is 0 Å². The normalized spacial score (nSPS) is 10.6. The molecule has 2 rings (SSSR count). The fourth-order valence-electron chi connectivity index (χ4n) is 1.94. The van der Waals surface area contributed by atoms with E-state index in [-0.39, 0.29) is 6.07 Å². The highest BCUT2D eigenvalue weighted by Crippen LogP contribution is 2.18. The van der Waals surface area contributed by atoms with Gasteiger partial charge in [-0.25, -0.2) is 26.3 Å². The Hall–Kier alpha value is -2.12. The summed E-state index contributed by atoms with van der Waals surface area (Å²) in [6.45, 7) is 0. The van der Waals surface area contributed by atoms with E-state index in [4.69, 9.17) is 0 Å². The van der Waals surface area contributed by atoms with E-state index in [1.165, 1.54) is 0 Å². The number of hydrogen-bond donors (Lipinski definition) is 0. The summed E-state index contributed by atoms with van der Waals surface area (Å²) in [6, 6.07) is 1.18. The minimum absolute atomic E-state index is 0.264. The van der Waals surface area contributed by atoms with Crippen LogP contribution in [0.15, 0.2) is 18.2 Å². The number of benzene rings is 2. The molecular weight excluding hydrogens is 297 g/mol. The SMILES string of the molecule is COc1c(F)cc(F)c(F)c1Bc1cc(F)cc(F)c1F. The van der Waals surface area contributed by atoms with Gasteiger partial charge in [-0.3, -0.25) is 0 Å². The van der Waals surface area contributed by atoms with Crippen molar-refractivity contribution in [3.8, 4) is 5.75 Å².